The summed E-state index contributed by atoms with van der Waals surface area (Å²) in [7, 11) is 0. The maximum Gasteiger partial charge on any atom is 0.308 e. The second-order valence-electron chi connectivity index (χ2n) is 16.1. The zero-order valence-corrected chi connectivity index (χ0v) is 33.4. The molecule has 8 nitrogen and oxygen atoms in total. The fraction of sp³-hybridized carbons (Fsp3) is 0.362. The van der Waals surface area contributed by atoms with E-state index in [1.807, 2.05) is 126 Å². The summed E-state index contributed by atoms with van der Waals surface area (Å²) in [6, 6.07) is 33.5. The van der Waals surface area contributed by atoms with E-state index < -0.39 is 23.3 Å². The molecule has 1 aliphatic rings. The number of ether oxygens (including phenoxy) is 4. The fourth-order valence-electron chi connectivity index (χ4n) is 7.49. The van der Waals surface area contributed by atoms with Crippen molar-refractivity contribution in [3.8, 4) is 28.1 Å². The normalized spacial score (nSPS) is 16.7. The molecule has 0 saturated carbocycles. The van der Waals surface area contributed by atoms with Crippen LogP contribution in [0.15, 0.2) is 109 Å². The summed E-state index contributed by atoms with van der Waals surface area (Å²) in [5.74, 6) is -1.71. The number of para-hydroxylation sites is 1. The molecule has 0 radical (unpaired) electrons. The molecule has 1 aliphatic heterocycles. The van der Waals surface area contributed by atoms with E-state index in [0.29, 0.717) is 42.0 Å². The summed E-state index contributed by atoms with van der Waals surface area (Å²) in [6.07, 6.45) is 0.422. The molecule has 1 amide bonds. The summed E-state index contributed by atoms with van der Waals surface area (Å²) in [5.41, 5.74) is 5.28. The Morgan fingerprint density at radius 1 is 0.893 bits per heavy atom. The summed E-state index contributed by atoms with van der Waals surface area (Å²) in [6.45, 7) is 14.1. The molecule has 56 heavy (non-hydrogen) atoms. The van der Waals surface area contributed by atoms with Gasteiger partial charge in [0.15, 0.2) is 5.79 Å². The summed E-state index contributed by atoms with van der Waals surface area (Å²) in [5, 5.41) is 3.15. The van der Waals surface area contributed by atoms with Crippen molar-refractivity contribution in [1.82, 2.24) is 4.57 Å². The Kier molecular flexibility index (Phi) is 12.5. The van der Waals surface area contributed by atoms with Crippen LogP contribution >= 0.6 is 0 Å². The second-order valence-corrected chi connectivity index (χ2v) is 16.1. The Morgan fingerprint density at radius 3 is 2.16 bits per heavy atom. The summed E-state index contributed by atoms with van der Waals surface area (Å²) < 4.78 is 42.1. The standard InChI is InChI=1S/C47H53FN2O6/c1-31(2)43-42(45(52)49-35-21-15-10-16-22-35)41(33-19-13-9-14-20-33)44(38-24-23-34(48)27-39(38)53-30-32-17-11-8-12-18-32)50(43)26-25-36-28-37(55-47(6,7)54-36)29-40(51)56-46(3,4)5/h8-24,27,31,36-37H,25-26,28-30H2,1-7H3,(H,49,52)/t36-,37-/m1/s1. The molecule has 4 aromatic carbocycles. The van der Waals surface area contributed by atoms with Crippen LogP contribution in [0.5, 0.6) is 5.75 Å². The largest absolute Gasteiger partial charge is 0.488 e. The number of benzene rings is 4. The average Bonchev–Trinajstić information content (AvgIpc) is 3.48. The lowest BCUT2D eigenvalue weighted by Crippen LogP contribution is -2.46. The highest BCUT2D eigenvalue weighted by Crippen LogP contribution is 2.46. The molecule has 1 saturated heterocycles. The number of aromatic nitrogens is 1. The SMILES string of the molecule is CC(C)c1c(C(=O)Nc2ccccc2)c(-c2ccccc2)c(-c2ccc(F)cc2OCc2ccccc2)n1CC[C@@H]1C[C@H](CC(=O)OC(C)(C)C)OC(C)(C)O1. The van der Waals surface area contributed by atoms with Gasteiger partial charge in [0.1, 0.15) is 23.8 Å². The minimum absolute atomic E-state index is 0.103. The molecular formula is C47H53FN2O6. The lowest BCUT2D eigenvalue weighted by atomic mass is 9.94. The quantitative estimate of drug-likeness (QED) is 0.120. The number of esters is 1. The smallest absolute Gasteiger partial charge is 0.308 e. The van der Waals surface area contributed by atoms with E-state index in [2.05, 4.69) is 23.7 Å². The highest BCUT2D eigenvalue weighted by Gasteiger charge is 2.38. The van der Waals surface area contributed by atoms with Crippen LogP contribution in [0.4, 0.5) is 10.1 Å². The molecule has 0 bridgehead atoms. The Labute approximate surface area is 329 Å². The van der Waals surface area contributed by atoms with Gasteiger partial charge < -0.3 is 28.8 Å². The van der Waals surface area contributed by atoms with Gasteiger partial charge in [-0.1, -0.05) is 92.7 Å². The molecule has 5 aromatic rings. The highest BCUT2D eigenvalue weighted by molar-refractivity contribution is 6.12. The van der Waals surface area contributed by atoms with Gasteiger partial charge in [0.2, 0.25) is 0 Å². The van der Waals surface area contributed by atoms with E-state index in [0.717, 1.165) is 28.1 Å². The summed E-state index contributed by atoms with van der Waals surface area (Å²) >= 11 is 0. The van der Waals surface area contributed by atoms with Gasteiger partial charge in [-0.05, 0) is 82.3 Å². The van der Waals surface area contributed by atoms with Crippen LogP contribution in [0.2, 0.25) is 0 Å². The topological polar surface area (TPSA) is 88.0 Å². The van der Waals surface area contributed by atoms with Crippen molar-refractivity contribution in [2.75, 3.05) is 5.32 Å². The van der Waals surface area contributed by atoms with Gasteiger partial charge in [0, 0.05) is 41.5 Å². The maximum absolute atomic E-state index is 15.2. The molecule has 2 atom stereocenters. The molecular weight excluding hydrogens is 708 g/mol. The first-order valence-corrected chi connectivity index (χ1v) is 19.4. The number of carbonyl (C=O) groups excluding carboxylic acids is 2. The van der Waals surface area contributed by atoms with Crippen LogP contribution in [0.25, 0.3) is 22.4 Å². The third kappa shape index (κ3) is 10.1. The molecule has 0 spiro atoms. The van der Waals surface area contributed by atoms with E-state index in [1.165, 1.54) is 12.1 Å². The minimum Gasteiger partial charge on any atom is -0.488 e. The zero-order valence-electron chi connectivity index (χ0n) is 33.4. The van der Waals surface area contributed by atoms with Gasteiger partial charge in [0.05, 0.1) is 29.9 Å². The number of hydrogen-bond acceptors (Lipinski definition) is 6. The van der Waals surface area contributed by atoms with Crippen LogP contribution in [0.1, 0.15) is 95.3 Å². The summed E-state index contributed by atoms with van der Waals surface area (Å²) in [4.78, 5) is 27.6. The number of halogens is 1. The monoisotopic (exact) mass is 760 g/mol. The molecule has 9 heteroatoms. The Bertz CT molecular complexity index is 2110. The number of hydrogen-bond donors (Lipinski definition) is 1. The number of anilines is 1. The number of carbonyl (C=O) groups is 2. The molecule has 6 rings (SSSR count). The Balaban J connectivity index is 1.49. The lowest BCUT2D eigenvalue weighted by molar-refractivity contribution is -0.301. The first-order chi connectivity index (χ1) is 26.7. The third-order valence-corrected chi connectivity index (χ3v) is 9.52. The van der Waals surface area contributed by atoms with Crippen LogP contribution in [-0.2, 0) is 32.2 Å². The molecule has 2 heterocycles. The Morgan fingerprint density at radius 2 is 1.52 bits per heavy atom. The third-order valence-electron chi connectivity index (χ3n) is 9.52. The van der Waals surface area contributed by atoms with Crippen molar-refractivity contribution in [3.05, 3.63) is 132 Å². The van der Waals surface area contributed by atoms with Gasteiger partial charge in [-0.3, -0.25) is 9.59 Å². The molecule has 1 fully saturated rings. The maximum atomic E-state index is 15.2. The average molecular weight is 761 g/mol. The van der Waals surface area contributed by atoms with Crippen LogP contribution < -0.4 is 10.1 Å². The molecule has 1 aromatic heterocycles. The fourth-order valence-corrected chi connectivity index (χ4v) is 7.49. The number of nitrogens with one attached hydrogen (secondary N) is 1. The molecule has 0 unspecified atom stereocenters. The van der Waals surface area contributed by atoms with E-state index in [-0.39, 0.29) is 36.9 Å². The minimum atomic E-state index is -0.943. The van der Waals surface area contributed by atoms with E-state index in [9.17, 15) is 9.59 Å². The first kappa shape index (κ1) is 40.4. The Hall–Kier alpha value is -5.25. The van der Waals surface area contributed by atoms with Gasteiger partial charge in [-0.2, -0.15) is 0 Å². The van der Waals surface area contributed by atoms with Crippen molar-refractivity contribution < 1.29 is 32.9 Å². The van der Waals surface area contributed by atoms with Crippen LogP contribution in [0.3, 0.4) is 0 Å². The van der Waals surface area contributed by atoms with Crippen molar-refractivity contribution >= 4 is 17.6 Å². The van der Waals surface area contributed by atoms with Crippen molar-refractivity contribution in [1.29, 1.82) is 0 Å². The van der Waals surface area contributed by atoms with Crippen LogP contribution in [0, 0.1) is 5.82 Å². The van der Waals surface area contributed by atoms with Crippen LogP contribution in [-0.4, -0.2) is 40.0 Å². The van der Waals surface area contributed by atoms with E-state index >= 15 is 4.39 Å². The number of rotatable bonds is 13. The van der Waals surface area contributed by atoms with Gasteiger partial charge in [0.25, 0.3) is 5.91 Å². The zero-order chi connectivity index (χ0) is 40.0. The van der Waals surface area contributed by atoms with Crippen molar-refractivity contribution in [2.45, 2.75) is 110 Å². The van der Waals surface area contributed by atoms with E-state index in [1.54, 1.807) is 6.07 Å². The predicted octanol–water partition coefficient (Wildman–Crippen LogP) is 10.9. The number of amides is 1. The van der Waals surface area contributed by atoms with Gasteiger partial charge in [-0.15, -0.1) is 0 Å². The van der Waals surface area contributed by atoms with E-state index in [4.69, 9.17) is 18.9 Å². The number of nitrogens with zero attached hydrogens (tertiary/aromatic N) is 1. The van der Waals surface area contributed by atoms with Crippen molar-refractivity contribution in [3.63, 3.8) is 0 Å². The predicted molar refractivity (Wildman–Crippen MR) is 218 cm³/mol. The molecule has 1 N–H and O–H groups in total. The lowest BCUT2D eigenvalue weighted by Gasteiger charge is -2.41. The van der Waals surface area contributed by atoms with Crippen molar-refractivity contribution in [2.24, 2.45) is 0 Å². The highest BCUT2D eigenvalue weighted by atomic mass is 19.1. The van der Waals surface area contributed by atoms with Gasteiger partial charge >= 0.3 is 5.97 Å². The molecule has 0 aliphatic carbocycles. The van der Waals surface area contributed by atoms with Gasteiger partial charge in [-0.25, -0.2) is 4.39 Å². The molecule has 294 valence electrons. The first-order valence-electron chi connectivity index (χ1n) is 19.4. The second kappa shape index (κ2) is 17.3.